The van der Waals surface area contributed by atoms with E-state index in [1.165, 1.54) is 16.7 Å². The molecule has 0 N–H and O–H groups in total. The Labute approximate surface area is 203 Å². The molecule has 1 aromatic heterocycles. The molecule has 1 amide bonds. The number of rotatable bonds is 8. The lowest BCUT2D eigenvalue weighted by Gasteiger charge is -2.40. The van der Waals surface area contributed by atoms with Crippen molar-refractivity contribution in [1.82, 2.24) is 14.8 Å². The van der Waals surface area contributed by atoms with Crippen LogP contribution in [0.25, 0.3) is 0 Å². The monoisotopic (exact) mass is 457 g/mol. The number of aryl methyl sites for hydroxylation is 1. The van der Waals surface area contributed by atoms with Gasteiger partial charge in [-0.05, 0) is 80.1 Å². The number of carbonyl (C=O) groups is 1. The second-order valence-electron chi connectivity index (χ2n) is 9.31. The summed E-state index contributed by atoms with van der Waals surface area (Å²) < 4.78 is 5.40. The Morgan fingerprint density at radius 2 is 1.79 bits per heavy atom. The molecule has 0 radical (unpaired) electrons. The van der Waals surface area contributed by atoms with Crippen molar-refractivity contribution in [2.45, 2.75) is 38.8 Å². The van der Waals surface area contributed by atoms with Gasteiger partial charge >= 0.3 is 0 Å². The molecule has 0 saturated carbocycles. The second kappa shape index (κ2) is 11.3. The highest BCUT2D eigenvalue weighted by atomic mass is 16.5. The number of ether oxygens (including phenoxy) is 1. The first-order chi connectivity index (χ1) is 16.5. The molecule has 1 saturated heterocycles. The summed E-state index contributed by atoms with van der Waals surface area (Å²) in [6.07, 6.45) is 4.70. The number of carbonyl (C=O) groups excluding carboxylic acids is 1. The Balaban J connectivity index is 1.44. The van der Waals surface area contributed by atoms with Gasteiger partial charge in [-0.25, -0.2) is 0 Å². The molecule has 1 aliphatic rings. The van der Waals surface area contributed by atoms with Crippen LogP contribution in [0.4, 0.5) is 0 Å². The number of pyridine rings is 1. The smallest absolute Gasteiger partial charge is 0.272 e. The number of hydrogen-bond acceptors (Lipinski definition) is 4. The van der Waals surface area contributed by atoms with Crippen molar-refractivity contribution in [3.8, 4) is 5.75 Å². The van der Waals surface area contributed by atoms with Gasteiger partial charge in [-0.2, -0.15) is 0 Å². The molecule has 5 nitrogen and oxygen atoms in total. The number of hydrogen-bond donors (Lipinski definition) is 0. The standard InChI is InChI=1S/C29H35N3O2/c1-22-19-24(12-13-28(22)34-3)21-32-17-14-25(15-18-32)27(20-23-9-5-4-6-10-23)31(2)29(33)26-11-7-8-16-30-26/h4-13,16,19,25,27H,14-15,17-18,20-21H2,1-3H3/t27-/m0/s1. The third kappa shape index (κ3) is 5.84. The molecule has 178 valence electrons. The summed E-state index contributed by atoms with van der Waals surface area (Å²) in [5.41, 5.74) is 4.27. The predicted molar refractivity (Wildman–Crippen MR) is 136 cm³/mol. The maximum atomic E-state index is 13.3. The van der Waals surface area contributed by atoms with Gasteiger partial charge in [0, 0.05) is 25.8 Å². The lowest BCUT2D eigenvalue weighted by Crippen LogP contribution is -2.47. The topological polar surface area (TPSA) is 45.7 Å². The van der Waals surface area contributed by atoms with Crippen LogP contribution < -0.4 is 4.74 Å². The average Bonchev–Trinajstić information content (AvgIpc) is 2.88. The van der Waals surface area contributed by atoms with E-state index in [1.54, 1.807) is 19.4 Å². The maximum Gasteiger partial charge on any atom is 0.272 e. The molecule has 3 aromatic rings. The minimum atomic E-state index is -0.00216. The normalized spacial score (nSPS) is 15.6. The van der Waals surface area contributed by atoms with Gasteiger partial charge < -0.3 is 9.64 Å². The highest BCUT2D eigenvalue weighted by Crippen LogP contribution is 2.28. The Hall–Kier alpha value is -3.18. The Morgan fingerprint density at radius 3 is 2.44 bits per heavy atom. The molecule has 0 unspecified atom stereocenters. The second-order valence-corrected chi connectivity index (χ2v) is 9.31. The minimum absolute atomic E-state index is 0.00216. The zero-order valence-electron chi connectivity index (χ0n) is 20.5. The van der Waals surface area contributed by atoms with Gasteiger partial charge in [0.25, 0.3) is 5.91 Å². The summed E-state index contributed by atoms with van der Waals surface area (Å²) >= 11 is 0. The van der Waals surface area contributed by atoms with E-state index in [2.05, 4.69) is 59.3 Å². The van der Waals surface area contributed by atoms with E-state index in [1.807, 2.05) is 30.1 Å². The molecular formula is C29H35N3O2. The van der Waals surface area contributed by atoms with Gasteiger partial charge in [-0.3, -0.25) is 14.7 Å². The van der Waals surface area contributed by atoms with Gasteiger partial charge in [0.05, 0.1) is 7.11 Å². The summed E-state index contributed by atoms with van der Waals surface area (Å²) in [5, 5.41) is 0. The summed E-state index contributed by atoms with van der Waals surface area (Å²) in [6, 6.07) is 22.6. The Bertz CT molecular complexity index is 1060. The van der Waals surface area contributed by atoms with Crippen molar-refractivity contribution in [2.24, 2.45) is 5.92 Å². The first kappa shape index (κ1) is 24.0. The van der Waals surface area contributed by atoms with Crippen molar-refractivity contribution in [3.05, 3.63) is 95.3 Å². The first-order valence-corrected chi connectivity index (χ1v) is 12.1. The molecule has 4 rings (SSSR count). The van der Waals surface area contributed by atoms with Gasteiger partial charge in [0.15, 0.2) is 0 Å². The quantitative estimate of drug-likeness (QED) is 0.478. The summed E-state index contributed by atoms with van der Waals surface area (Å²) in [7, 11) is 3.66. The van der Waals surface area contributed by atoms with Gasteiger partial charge in [-0.1, -0.05) is 48.5 Å². The van der Waals surface area contributed by atoms with Crippen LogP contribution in [0.2, 0.25) is 0 Å². The van der Waals surface area contributed by atoms with E-state index in [0.29, 0.717) is 11.6 Å². The van der Waals surface area contributed by atoms with Crippen LogP contribution in [0.1, 0.15) is 40.0 Å². The van der Waals surface area contributed by atoms with Crippen LogP contribution in [0.5, 0.6) is 5.75 Å². The van der Waals surface area contributed by atoms with Crippen LogP contribution in [-0.4, -0.2) is 54.0 Å². The molecule has 1 aliphatic heterocycles. The molecule has 0 aliphatic carbocycles. The van der Waals surface area contributed by atoms with Gasteiger partial charge in [0.2, 0.25) is 0 Å². The van der Waals surface area contributed by atoms with Crippen LogP contribution in [-0.2, 0) is 13.0 Å². The molecule has 34 heavy (non-hydrogen) atoms. The third-order valence-electron chi connectivity index (χ3n) is 7.03. The van der Waals surface area contributed by atoms with Gasteiger partial charge in [-0.15, -0.1) is 0 Å². The Morgan fingerprint density at radius 1 is 1.06 bits per heavy atom. The highest BCUT2D eigenvalue weighted by molar-refractivity contribution is 5.92. The zero-order valence-corrected chi connectivity index (χ0v) is 20.5. The fourth-order valence-corrected chi connectivity index (χ4v) is 5.09. The average molecular weight is 458 g/mol. The molecular weight excluding hydrogens is 422 g/mol. The Kier molecular flexibility index (Phi) is 7.96. The summed E-state index contributed by atoms with van der Waals surface area (Å²) in [4.78, 5) is 22.0. The van der Waals surface area contributed by atoms with Crippen molar-refractivity contribution >= 4 is 5.91 Å². The number of likely N-dealkylation sites (N-methyl/N-ethyl adjacent to an activating group) is 1. The summed E-state index contributed by atoms with van der Waals surface area (Å²) in [6.45, 7) is 5.11. The number of nitrogens with zero attached hydrogens (tertiary/aromatic N) is 3. The van der Waals surface area contributed by atoms with Gasteiger partial charge in [0.1, 0.15) is 11.4 Å². The predicted octanol–water partition coefficient (Wildman–Crippen LogP) is 4.99. The third-order valence-corrected chi connectivity index (χ3v) is 7.03. The summed E-state index contributed by atoms with van der Waals surface area (Å²) in [5.74, 6) is 1.39. The van der Waals surface area contributed by atoms with E-state index in [0.717, 1.165) is 44.6 Å². The van der Waals surface area contributed by atoms with Crippen LogP contribution in [0.15, 0.2) is 72.9 Å². The lowest BCUT2D eigenvalue weighted by atomic mass is 9.84. The molecule has 1 fully saturated rings. The van der Waals surface area contributed by atoms with Crippen LogP contribution in [0, 0.1) is 12.8 Å². The number of likely N-dealkylation sites (tertiary alicyclic amines) is 1. The fraction of sp³-hybridized carbons (Fsp3) is 0.379. The fourth-order valence-electron chi connectivity index (χ4n) is 5.09. The van der Waals surface area contributed by atoms with Crippen LogP contribution in [0.3, 0.4) is 0 Å². The van der Waals surface area contributed by atoms with Crippen LogP contribution >= 0.6 is 0 Å². The minimum Gasteiger partial charge on any atom is -0.496 e. The van der Waals surface area contributed by atoms with Crippen molar-refractivity contribution in [1.29, 1.82) is 0 Å². The lowest BCUT2D eigenvalue weighted by molar-refractivity contribution is 0.0579. The maximum absolute atomic E-state index is 13.3. The number of methoxy groups -OCH3 is 1. The molecule has 2 heterocycles. The van der Waals surface area contributed by atoms with E-state index < -0.39 is 0 Å². The molecule has 5 heteroatoms. The van der Waals surface area contributed by atoms with Crippen molar-refractivity contribution < 1.29 is 9.53 Å². The van der Waals surface area contributed by atoms with E-state index in [-0.39, 0.29) is 11.9 Å². The van der Waals surface area contributed by atoms with E-state index >= 15 is 0 Å². The van der Waals surface area contributed by atoms with Crippen molar-refractivity contribution in [3.63, 3.8) is 0 Å². The molecule has 1 atom stereocenters. The molecule has 2 aromatic carbocycles. The molecule has 0 bridgehead atoms. The van der Waals surface area contributed by atoms with E-state index in [4.69, 9.17) is 4.74 Å². The SMILES string of the molecule is COc1ccc(CN2CCC([C@H](Cc3ccccc3)N(C)C(=O)c3ccccn3)CC2)cc1C. The number of aromatic nitrogens is 1. The number of benzene rings is 2. The molecule has 0 spiro atoms. The highest BCUT2D eigenvalue weighted by Gasteiger charge is 2.32. The number of piperidine rings is 1. The number of amides is 1. The first-order valence-electron chi connectivity index (χ1n) is 12.1. The largest absolute Gasteiger partial charge is 0.496 e. The zero-order chi connectivity index (χ0) is 23.9. The van der Waals surface area contributed by atoms with Crippen molar-refractivity contribution in [2.75, 3.05) is 27.2 Å². The van der Waals surface area contributed by atoms with E-state index in [9.17, 15) is 4.79 Å².